The molecular formula is CuMgO3Si+. The molecule has 0 aliphatic carbocycles. The number of rotatable bonds is 0. The molecule has 0 radical (unpaired) electrons. The molecule has 0 bridgehead atoms. The van der Waals surface area contributed by atoms with E-state index in [0.29, 0.717) is 0 Å². The van der Waals surface area contributed by atoms with Crippen LogP contribution in [0, 0.1) is 0 Å². The van der Waals surface area contributed by atoms with E-state index in [1.54, 1.807) is 0 Å². The first-order valence-corrected chi connectivity index (χ1v) is 1.84. The molecule has 6 heteroatoms. The van der Waals surface area contributed by atoms with Crippen molar-refractivity contribution in [2.24, 2.45) is 0 Å². The molecule has 0 unspecified atom stereocenters. The van der Waals surface area contributed by atoms with Crippen molar-refractivity contribution in [1.29, 1.82) is 0 Å². The molecule has 0 aromatic rings. The van der Waals surface area contributed by atoms with Crippen LogP contribution in [0.25, 0.3) is 0 Å². The van der Waals surface area contributed by atoms with E-state index >= 15 is 0 Å². The van der Waals surface area contributed by atoms with Crippen LogP contribution in [0.2, 0.25) is 0 Å². The Labute approximate surface area is 63.3 Å². The Hall–Kier alpha value is 0.903. The minimum absolute atomic E-state index is 0. The second kappa shape index (κ2) is 9.32. The van der Waals surface area contributed by atoms with Gasteiger partial charge in [-0.2, -0.15) is 0 Å². The van der Waals surface area contributed by atoms with Gasteiger partial charge in [-0.05, 0) is 0 Å². The molecule has 0 aliphatic rings. The van der Waals surface area contributed by atoms with Gasteiger partial charge < -0.3 is 14.1 Å². The van der Waals surface area contributed by atoms with E-state index in [-0.39, 0.29) is 40.1 Å². The second-order valence-corrected chi connectivity index (χ2v) is 0.750. The quantitative estimate of drug-likeness (QED) is 0.353. The Morgan fingerprint density at radius 1 is 1.33 bits per heavy atom. The third-order valence-electron chi connectivity index (χ3n) is 0. The largest absolute Gasteiger partial charge is 2.00 e. The summed E-state index contributed by atoms with van der Waals surface area (Å²) in [6, 6.07) is 0. The molecule has 0 spiro atoms. The van der Waals surface area contributed by atoms with Gasteiger partial charge in [-0.1, -0.05) is 0 Å². The second-order valence-electron chi connectivity index (χ2n) is 0.250. The maximum absolute atomic E-state index is 8.52. The summed E-state index contributed by atoms with van der Waals surface area (Å²) in [7, 11) is -3.63. The predicted octanol–water partition coefficient (Wildman–Crippen LogP) is -3.26. The van der Waals surface area contributed by atoms with E-state index in [2.05, 4.69) is 0 Å². The van der Waals surface area contributed by atoms with E-state index in [4.69, 9.17) is 14.1 Å². The molecule has 0 heterocycles. The van der Waals surface area contributed by atoms with Crippen LogP contribution in [-0.2, 0) is 21.5 Å². The molecule has 0 aliphatic heterocycles. The van der Waals surface area contributed by atoms with E-state index < -0.39 is 9.17 Å². The van der Waals surface area contributed by atoms with Crippen molar-refractivity contribution >= 4 is 32.2 Å². The molecular weight excluding hydrogens is 164 g/mol. The maximum atomic E-state index is 8.52. The van der Waals surface area contributed by atoms with Gasteiger partial charge in [0.15, 0.2) is 0 Å². The summed E-state index contributed by atoms with van der Waals surface area (Å²) in [5.74, 6) is 0. The predicted molar refractivity (Wildman–Crippen MR) is 12.2 cm³/mol. The monoisotopic (exact) mass is 163 g/mol. The van der Waals surface area contributed by atoms with E-state index in [0.717, 1.165) is 0 Å². The van der Waals surface area contributed by atoms with E-state index in [9.17, 15) is 0 Å². The first-order chi connectivity index (χ1) is 1.73. The minimum atomic E-state index is -3.63. The van der Waals surface area contributed by atoms with Crippen LogP contribution in [0.15, 0.2) is 0 Å². The average molecular weight is 164 g/mol. The molecule has 0 atom stereocenters. The van der Waals surface area contributed by atoms with Crippen molar-refractivity contribution in [2.45, 2.75) is 0 Å². The Morgan fingerprint density at radius 3 is 1.33 bits per heavy atom. The van der Waals surface area contributed by atoms with Crippen LogP contribution in [0.4, 0.5) is 0 Å². The van der Waals surface area contributed by atoms with Gasteiger partial charge >= 0.3 is 40.1 Å². The molecule has 0 fully saturated rings. The van der Waals surface area contributed by atoms with Crippen molar-refractivity contribution in [2.75, 3.05) is 0 Å². The molecule has 34 valence electrons. The van der Waals surface area contributed by atoms with Gasteiger partial charge in [0.25, 0.3) is 0 Å². The molecule has 0 rings (SSSR count). The van der Waals surface area contributed by atoms with Gasteiger partial charge in [-0.3, -0.25) is 0 Å². The van der Waals surface area contributed by atoms with Crippen LogP contribution in [-0.4, -0.2) is 32.2 Å². The Kier molecular flexibility index (Phi) is 24.5. The third-order valence-corrected chi connectivity index (χ3v) is 0. The molecule has 0 saturated heterocycles. The Bertz CT molecular complexity index is 33.8. The molecule has 0 aromatic heterocycles. The first kappa shape index (κ1) is 15.8. The van der Waals surface area contributed by atoms with Crippen LogP contribution < -0.4 is 9.59 Å². The summed E-state index contributed by atoms with van der Waals surface area (Å²) in [5.41, 5.74) is 0. The Balaban J connectivity index is -0.0000000450. The number of hydrogen-bond acceptors (Lipinski definition) is 3. The fourth-order valence-electron chi connectivity index (χ4n) is 0. The smallest absolute Gasteiger partial charge is 0.672 e. The van der Waals surface area contributed by atoms with Gasteiger partial charge in [-0.25, -0.2) is 0 Å². The molecule has 0 N–H and O–H groups in total. The van der Waals surface area contributed by atoms with Gasteiger partial charge in [-0.15, -0.1) is 0 Å². The van der Waals surface area contributed by atoms with Crippen molar-refractivity contribution in [3.63, 3.8) is 0 Å². The molecule has 3 nitrogen and oxygen atoms in total. The SMILES string of the molecule is O=[Si]([O-])[O-].[Cu+].[Mg+2]. The van der Waals surface area contributed by atoms with Gasteiger partial charge in [0, 0.05) is 9.17 Å². The van der Waals surface area contributed by atoms with Crippen molar-refractivity contribution in [1.82, 2.24) is 0 Å². The van der Waals surface area contributed by atoms with Crippen LogP contribution in [0.1, 0.15) is 0 Å². The summed E-state index contributed by atoms with van der Waals surface area (Å²) in [4.78, 5) is 17.0. The minimum Gasteiger partial charge on any atom is -0.672 e. The maximum Gasteiger partial charge on any atom is 2.00 e. The zero-order valence-electron chi connectivity index (χ0n) is 2.73. The zero-order valence-corrected chi connectivity index (χ0v) is 6.09. The van der Waals surface area contributed by atoms with Crippen LogP contribution in [0.3, 0.4) is 0 Å². The molecule has 0 amide bonds. The molecule has 6 heavy (non-hydrogen) atoms. The average Bonchev–Trinajstić information content (AvgIpc) is 0.811. The standard InChI is InChI=1S/Cu.Mg.O3Si/c;;1-4(2)3/q+1;+2;-2. The van der Waals surface area contributed by atoms with Crippen LogP contribution in [0.5, 0.6) is 0 Å². The fraction of sp³-hybridized carbons (Fsp3) is 0. The van der Waals surface area contributed by atoms with Crippen molar-refractivity contribution in [3.05, 3.63) is 0 Å². The summed E-state index contributed by atoms with van der Waals surface area (Å²) in [6.45, 7) is 0. The summed E-state index contributed by atoms with van der Waals surface area (Å²) in [6.07, 6.45) is 0. The third kappa shape index (κ3) is 91.7. The normalized spacial score (nSPS) is 4.00. The van der Waals surface area contributed by atoms with Gasteiger partial charge in [0.1, 0.15) is 0 Å². The fourth-order valence-corrected chi connectivity index (χ4v) is 0. The molecule has 0 saturated carbocycles. The summed E-state index contributed by atoms with van der Waals surface area (Å²) < 4.78 is 8.52. The first-order valence-electron chi connectivity index (χ1n) is 0.612. The number of hydrogen-bond donors (Lipinski definition) is 0. The summed E-state index contributed by atoms with van der Waals surface area (Å²) in [5, 5.41) is 0. The van der Waals surface area contributed by atoms with E-state index in [1.165, 1.54) is 0 Å². The summed E-state index contributed by atoms with van der Waals surface area (Å²) >= 11 is 0. The Morgan fingerprint density at radius 2 is 1.33 bits per heavy atom. The van der Waals surface area contributed by atoms with Crippen LogP contribution >= 0.6 is 0 Å². The van der Waals surface area contributed by atoms with Gasteiger partial charge in [0.2, 0.25) is 0 Å². The zero-order chi connectivity index (χ0) is 3.58. The van der Waals surface area contributed by atoms with E-state index in [1.807, 2.05) is 0 Å². The van der Waals surface area contributed by atoms with Crippen molar-refractivity contribution in [3.8, 4) is 0 Å². The van der Waals surface area contributed by atoms with Gasteiger partial charge in [0.05, 0.1) is 0 Å². The topological polar surface area (TPSA) is 63.2 Å². The van der Waals surface area contributed by atoms with Crippen molar-refractivity contribution < 1.29 is 31.1 Å². The molecule has 0 aromatic carbocycles.